The van der Waals surface area contributed by atoms with Crippen molar-refractivity contribution in [1.29, 1.82) is 0 Å². The largest absolute Gasteiger partial charge is 0.481 e. The van der Waals surface area contributed by atoms with Crippen LogP contribution in [0, 0.1) is 5.92 Å². The van der Waals surface area contributed by atoms with Crippen LogP contribution in [0.4, 0.5) is 17.6 Å². The minimum absolute atomic E-state index is 1.21. The quantitative estimate of drug-likeness (QED) is 0.660. The van der Waals surface area contributed by atoms with Gasteiger partial charge in [0, 0.05) is 0 Å². The smallest absolute Gasteiger partial charge is 0.394 e. The monoisotopic (exact) mass is 174 g/mol. The molecule has 0 heterocycles. The Hall–Kier alpha value is -0.810. The summed E-state index contributed by atoms with van der Waals surface area (Å²) < 4.78 is 46.3. The number of rotatable bonds is 3. The molecule has 0 saturated heterocycles. The zero-order valence-corrected chi connectivity index (χ0v) is 5.36. The number of aliphatic carboxylic acids is 1. The average molecular weight is 174 g/mol. The standard InChI is InChI=1S/C5H6F4O2/c6-2-3(1-4(10)11)5(7,8)9/h3H,1-2H2,(H,10,11). The number of carboxylic acids is 1. The van der Waals surface area contributed by atoms with Crippen molar-refractivity contribution in [2.45, 2.75) is 12.6 Å². The Balaban J connectivity index is 4.07. The molecule has 0 aromatic carbocycles. The predicted octanol–water partition coefficient (Wildman–Crippen LogP) is 1.61. The molecule has 0 aliphatic carbocycles. The molecule has 0 aliphatic heterocycles. The molecule has 1 atom stereocenters. The van der Waals surface area contributed by atoms with Gasteiger partial charge in [-0.05, 0) is 0 Å². The molecule has 0 aromatic rings. The van der Waals surface area contributed by atoms with Crippen LogP contribution in [0.2, 0.25) is 0 Å². The summed E-state index contributed by atoms with van der Waals surface area (Å²) in [5.74, 6) is -4.02. The van der Waals surface area contributed by atoms with Gasteiger partial charge in [-0.1, -0.05) is 0 Å². The lowest BCUT2D eigenvalue weighted by molar-refractivity contribution is -0.186. The van der Waals surface area contributed by atoms with Gasteiger partial charge in [0.25, 0.3) is 0 Å². The van der Waals surface area contributed by atoms with Crippen molar-refractivity contribution in [3.05, 3.63) is 0 Å². The fraction of sp³-hybridized carbons (Fsp3) is 0.800. The van der Waals surface area contributed by atoms with Crippen LogP contribution in [0.3, 0.4) is 0 Å². The summed E-state index contributed by atoms with van der Waals surface area (Å²) >= 11 is 0. The molecule has 11 heavy (non-hydrogen) atoms. The molecule has 0 spiro atoms. The highest BCUT2D eigenvalue weighted by molar-refractivity contribution is 5.67. The van der Waals surface area contributed by atoms with Crippen molar-refractivity contribution in [2.75, 3.05) is 6.67 Å². The first kappa shape index (κ1) is 10.2. The third-order valence-corrected chi connectivity index (χ3v) is 1.07. The van der Waals surface area contributed by atoms with Crippen molar-refractivity contribution < 1.29 is 27.5 Å². The molecule has 0 aliphatic rings. The van der Waals surface area contributed by atoms with E-state index in [0.717, 1.165) is 0 Å². The number of carbonyl (C=O) groups is 1. The van der Waals surface area contributed by atoms with E-state index >= 15 is 0 Å². The molecule has 1 N–H and O–H groups in total. The van der Waals surface area contributed by atoms with E-state index in [0.29, 0.717) is 0 Å². The maximum atomic E-state index is 11.6. The predicted molar refractivity (Wildman–Crippen MR) is 27.8 cm³/mol. The van der Waals surface area contributed by atoms with Gasteiger partial charge in [0.2, 0.25) is 0 Å². The molecular formula is C5H6F4O2. The van der Waals surface area contributed by atoms with E-state index < -0.39 is 31.2 Å². The molecular weight excluding hydrogens is 168 g/mol. The number of hydrogen-bond donors (Lipinski definition) is 1. The van der Waals surface area contributed by atoms with Gasteiger partial charge in [-0.25, -0.2) is 0 Å². The second-order valence-corrected chi connectivity index (χ2v) is 1.99. The average Bonchev–Trinajstić information content (AvgIpc) is 1.79. The van der Waals surface area contributed by atoms with Gasteiger partial charge in [-0.2, -0.15) is 13.2 Å². The number of carboxylic acid groups (broad SMARTS) is 1. The highest BCUT2D eigenvalue weighted by Crippen LogP contribution is 2.28. The Morgan fingerprint density at radius 3 is 2.00 bits per heavy atom. The van der Waals surface area contributed by atoms with E-state index in [4.69, 9.17) is 5.11 Å². The Kier molecular flexibility index (Phi) is 3.28. The highest BCUT2D eigenvalue weighted by atomic mass is 19.4. The minimum atomic E-state index is -4.76. The maximum Gasteiger partial charge on any atom is 0.394 e. The van der Waals surface area contributed by atoms with Crippen LogP contribution in [0.1, 0.15) is 6.42 Å². The Morgan fingerprint density at radius 1 is 1.45 bits per heavy atom. The number of alkyl halides is 4. The summed E-state index contributed by atoms with van der Waals surface area (Å²) in [6.45, 7) is -1.68. The summed E-state index contributed by atoms with van der Waals surface area (Å²) in [5.41, 5.74) is 0. The summed E-state index contributed by atoms with van der Waals surface area (Å²) in [5, 5.41) is 7.91. The van der Waals surface area contributed by atoms with Gasteiger partial charge in [0.15, 0.2) is 0 Å². The molecule has 0 aromatic heterocycles. The van der Waals surface area contributed by atoms with E-state index in [1.807, 2.05) is 0 Å². The number of hydrogen-bond acceptors (Lipinski definition) is 1. The van der Waals surface area contributed by atoms with Crippen LogP contribution in [-0.2, 0) is 4.79 Å². The van der Waals surface area contributed by atoms with Gasteiger partial charge in [0.1, 0.15) is 6.67 Å². The first-order valence-electron chi connectivity index (χ1n) is 2.72. The highest BCUT2D eigenvalue weighted by Gasteiger charge is 2.40. The Bertz CT molecular complexity index is 142. The molecule has 66 valence electrons. The van der Waals surface area contributed by atoms with E-state index in [-0.39, 0.29) is 0 Å². The van der Waals surface area contributed by atoms with Gasteiger partial charge < -0.3 is 5.11 Å². The van der Waals surface area contributed by atoms with E-state index in [1.54, 1.807) is 0 Å². The van der Waals surface area contributed by atoms with Crippen molar-refractivity contribution in [3.8, 4) is 0 Å². The lowest BCUT2D eigenvalue weighted by Crippen LogP contribution is -2.27. The van der Waals surface area contributed by atoms with Crippen molar-refractivity contribution in [1.82, 2.24) is 0 Å². The molecule has 0 bridgehead atoms. The fourth-order valence-corrected chi connectivity index (χ4v) is 0.469. The molecule has 6 heteroatoms. The maximum absolute atomic E-state index is 11.6. The molecule has 0 amide bonds. The van der Waals surface area contributed by atoms with Crippen molar-refractivity contribution in [2.24, 2.45) is 5.92 Å². The van der Waals surface area contributed by atoms with Crippen LogP contribution in [0.15, 0.2) is 0 Å². The first-order chi connectivity index (χ1) is 4.88. The van der Waals surface area contributed by atoms with Gasteiger partial charge in [0.05, 0.1) is 12.3 Å². The SMILES string of the molecule is O=C(O)CC(CF)C(F)(F)F. The molecule has 2 nitrogen and oxygen atoms in total. The van der Waals surface area contributed by atoms with Crippen molar-refractivity contribution >= 4 is 5.97 Å². The topological polar surface area (TPSA) is 37.3 Å². The summed E-state index contributed by atoms with van der Waals surface area (Å²) in [7, 11) is 0. The lowest BCUT2D eigenvalue weighted by atomic mass is 10.1. The van der Waals surface area contributed by atoms with Gasteiger partial charge in [-0.15, -0.1) is 0 Å². The van der Waals surface area contributed by atoms with E-state index in [9.17, 15) is 22.4 Å². The summed E-state index contributed by atoms with van der Waals surface area (Å²) in [6, 6.07) is 0. The second kappa shape index (κ2) is 3.54. The fourth-order valence-electron chi connectivity index (χ4n) is 0.469. The molecule has 0 saturated carbocycles. The third kappa shape index (κ3) is 3.79. The third-order valence-electron chi connectivity index (χ3n) is 1.07. The minimum Gasteiger partial charge on any atom is -0.481 e. The van der Waals surface area contributed by atoms with Gasteiger partial charge in [-0.3, -0.25) is 9.18 Å². The van der Waals surface area contributed by atoms with Crippen LogP contribution < -0.4 is 0 Å². The van der Waals surface area contributed by atoms with Crippen LogP contribution in [0.5, 0.6) is 0 Å². The molecule has 1 unspecified atom stereocenters. The van der Waals surface area contributed by atoms with Crippen LogP contribution in [0.25, 0.3) is 0 Å². The lowest BCUT2D eigenvalue weighted by Gasteiger charge is -2.13. The van der Waals surface area contributed by atoms with Gasteiger partial charge >= 0.3 is 12.1 Å². The molecule has 0 fully saturated rings. The van der Waals surface area contributed by atoms with E-state index in [2.05, 4.69) is 0 Å². The number of halogens is 4. The summed E-state index contributed by atoms with van der Waals surface area (Å²) in [6.07, 6.45) is -5.97. The normalized spacial score (nSPS) is 14.5. The molecule has 0 radical (unpaired) electrons. The van der Waals surface area contributed by atoms with Crippen LogP contribution in [-0.4, -0.2) is 23.9 Å². The Morgan fingerprint density at radius 2 is 1.91 bits per heavy atom. The zero-order chi connectivity index (χ0) is 9.07. The second-order valence-electron chi connectivity index (χ2n) is 1.99. The van der Waals surface area contributed by atoms with Crippen molar-refractivity contribution in [3.63, 3.8) is 0 Å². The zero-order valence-electron chi connectivity index (χ0n) is 5.36. The van der Waals surface area contributed by atoms with E-state index in [1.165, 1.54) is 0 Å². The Labute approximate surface area is 59.8 Å². The first-order valence-corrected chi connectivity index (χ1v) is 2.72. The van der Waals surface area contributed by atoms with Crippen LogP contribution >= 0.6 is 0 Å². The summed E-state index contributed by atoms with van der Waals surface area (Å²) in [4.78, 5) is 9.75. The molecule has 0 rings (SSSR count).